The Morgan fingerprint density at radius 2 is 2.12 bits per heavy atom. The zero-order chi connectivity index (χ0) is 12.3. The topological polar surface area (TPSA) is 58.5 Å². The SMILES string of the molecule is O=C(NC1C=NC=CC1=O)c1ccccc1F. The molecule has 1 N–H and O–H groups in total. The molecule has 0 fully saturated rings. The van der Waals surface area contributed by atoms with Crippen LogP contribution in [0.25, 0.3) is 0 Å². The highest BCUT2D eigenvalue weighted by Crippen LogP contribution is 2.06. The molecule has 17 heavy (non-hydrogen) atoms. The summed E-state index contributed by atoms with van der Waals surface area (Å²) in [4.78, 5) is 26.8. The summed E-state index contributed by atoms with van der Waals surface area (Å²) in [5.41, 5.74) is -0.0942. The first-order valence-electron chi connectivity index (χ1n) is 4.97. The van der Waals surface area contributed by atoms with E-state index >= 15 is 0 Å². The van der Waals surface area contributed by atoms with Crippen LogP contribution in [0.5, 0.6) is 0 Å². The van der Waals surface area contributed by atoms with Gasteiger partial charge >= 0.3 is 0 Å². The number of amides is 1. The van der Waals surface area contributed by atoms with Gasteiger partial charge in [0.25, 0.3) is 5.91 Å². The first-order valence-corrected chi connectivity index (χ1v) is 4.97. The van der Waals surface area contributed by atoms with Gasteiger partial charge in [0.15, 0.2) is 5.78 Å². The van der Waals surface area contributed by atoms with E-state index in [0.29, 0.717) is 0 Å². The molecule has 0 saturated heterocycles. The monoisotopic (exact) mass is 232 g/mol. The summed E-state index contributed by atoms with van der Waals surface area (Å²) in [6.45, 7) is 0. The maximum Gasteiger partial charge on any atom is 0.255 e. The zero-order valence-electron chi connectivity index (χ0n) is 8.76. The van der Waals surface area contributed by atoms with Gasteiger partial charge in [0, 0.05) is 18.5 Å². The number of ketones is 1. The zero-order valence-corrected chi connectivity index (χ0v) is 8.76. The predicted octanol–water partition coefficient (Wildman–Crippen LogP) is 1.09. The van der Waals surface area contributed by atoms with Crippen molar-refractivity contribution in [3.8, 4) is 0 Å². The predicted molar refractivity (Wildman–Crippen MR) is 60.3 cm³/mol. The summed E-state index contributed by atoms with van der Waals surface area (Å²) in [7, 11) is 0. The highest BCUT2D eigenvalue weighted by atomic mass is 19.1. The summed E-state index contributed by atoms with van der Waals surface area (Å²) in [6.07, 6.45) is 3.90. The molecule has 1 unspecified atom stereocenters. The number of benzene rings is 1. The van der Waals surface area contributed by atoms with Gasteiger partial charge in [-0.2, -0.15) is 0 Å². The fourth-order valence-electron chi connectivity index (χ4n) is 1.40. The summed E-state index contributed by atoms with van der Waals surface area (Å²) >= 11 is 0. The van der Waals surface area contributed by atoms with E-state index in [1.54, 1.807) is 6.07 Å². The van der Waals surface area contributed by atoms with Crippen LogP contribution < -0.4 is 5.32 Å². The Morgan fingerprint density at radius 1 is 1.35 bits per heavy atom. The van der Waals surface area contributed by atoms with E-state index < -0.39 is 17.8 Å². The van der Waals surface area contributed by atoms with Gasteiger partial charge < -0.3 is 5.32 Å². The van der Waals surface area contributed by atoms with Gasteiger partial charge in [-0.05, 0) is 12.1 Å². The molecule has 4 nitrogen and oxygen atoms in total. The van der Waals surface area contributed by atoms with Crippen LogP contribution in [-0.4, -0.2) is 23.9 Å². The minimum atomic E-state index is -0.827. The number of rotatable bonds is 2. The van der Waals surface area contributed by atoms with E-state index in [1.165, 1.54) is 36.7 Å². The molecule has 0 radical (unpaired) electrons. The largest absolute Gasteiger partial charge is 0.337 e. The Morgan fingerprint density at radius 3 is 2.82 bits per heavy atom. The van der Waals surface area contributed by atoms with Crippen molar-refractivity contribution in [2.45, 2.75) is 6.04 Å². The van der Waals surface area contributed by atoms with Crippen molar-refractivity contribution in [2.24, 2.45) is 4.99 Å². The first kappa shape index (κ1) is 11.2. The molecule has 1 aliphatic rings. The molecule has 2 rings (SSSR count). The Kier molecular flexibility index (Phi) is 3.09. The van der Waals surface area contributed by atoms with Gasteiger partial charge in [-0.25, -0.2) is 4.39 Å². The van der Waals surface area contributed by atoms with Crippen molar-refractivity contribution in [1.29, 1.82) is 0 Å². The van der Waals surface area contributed by atoms with Crippen LogP contribution >= 0.6 is 0 Å². The number of halogens is 1. The van der Waals surface area contributed by atoms with Crippen LogP contribution in [0, 0.1) is 5.82 Å². The molecule has 1 aromatic rings. The van der Waals surface area contributed by atoms with E-state index in [1.807, 2.05) is 0 Å². The lowest BCUT2D eigenvalue weighted by Crippen LogP contribution is -2.42. The Labute approximate surface area is 96.9 Å². The first-order chi connectivity index (χ1) is 8.18. The second-order valence-corrected chi connectivity index (χ2v) is 3.45. The van der Waals surface area contributed by atoms with E-state index in [2.05, 4.69) is 10.3 Å². The molecule has 0 aromatic heterocycles. The van der Waals surface area contributed by atoms with Crippen LogP contribution in [0.1, 0.15) is 10.4 Å². The maximum atomic E-state index is 13.3. The van der Waals surface area contributed by atoms with Crippen LogP contribution in [-0.2, 0) is 4.79 Å². The molecule has 0 spiro atoms. The summed E-state index contributed by atoms with van der Waals surface area (Å²) < 4.78 is 13.3. The van der Waals surface area contributed by atoms with Crippen molar-refractivity contribution in [3.05, 3.63) is 47.9 Å². The van der Waals surface area contributed by atoms with E-state index in [0.717, 1.165) is 0 Å². The average Bonchev–Trinajstić information content (AvgIpc) is 2.32. The third-order valence-electron chi connectivity index (χ3n) is 2.27. The normalized spacial score (nSPS) is 18.2. The van der Waals surface area contributed by atoms with Crippen LogP contribution in [0.4, 0.5) is 4.39 Å². The van der Waals surface area contributed by atoms with Crippen molar-refractivity contribution in [1.82, 2.24) is 5.32 Å². The number of nitrogens with one attached hydrogen (secondary N) is 1. The van der Waals surface area contributed by atoms with Crippen molar-refractivity contribution < 1.29 is 14.0 Å². The Bertz CT molecular complexity index is 523. The second kappa shape index (κ2) is 4.69. The van der Waals surface area contributed by atoms with Crippen LogP contribution in [0.2, 0.25) is 0 Å². The third-order valence-corrected chi connectivity index (χ3v) is 2.27. The summed E-state index contributed by atoms with van der Waals surface area (Å²) in [5.74, 6) is -1.55. The van der Waals surface area contributed by atoms with Gasteiger partial charge in [0.2, 0.25) is 0 Å². The van der Waals surface area contributed by atoms with Crippen molar-refractivity contribution >= 4 is 17.9 Å². The average molecular weight is 232 g/mol. The van der Waals surface area contributed by atoms with Gasteiger partial charge in [-0.1, -0.05) is 12.1 Å². The smallest absolute Gasteiger partial charge is 0.255 e. The fraction of sp³-hybridized carbons (Fsp3) is 0.0833. The number of hydrogen-bond acceptors (Lipinski definition) is 3. The number of carbonyl (C=O) groups excluding carboxylic acids is 2. The lowest BCUT2D eigenvalue weighted by Gasteiger charge is -2.13. The molecule has 0 bridgehead atoms. The van der Waals surface area contributed by atoms with E-state index in [4.69, 9.17) is 0 Å². The molecular formula is C12H9FN2O2. The Balaban J connectivity index is 2.13. The maximum absolute atomic E-state index is 13.3. The lowest BCUT2D eigenvalue weighted by molar-refractivity contribution is -0.114. The highest BCUT2D eigenvalue weighted by molar-refractivity contribution is 6.10. The molecule has 1 atom stereocenters. The van der Waals surface area contributed by atoms with Gasteiger partial charge in [0.05, 0.1) is 5.56 Å². The molecule has 86 valence electrons. The lowest BCUT2D eigenvalue weighted by atomic mass is 10.1. The van der Waals surface area contributed by atoms with E-state index in [-0.39, 0.29) is 11.3 Å². The van der Waals surface area contributed by atoms with Crippen LogP contribution in [0.15, 0.2) is 41.5 Å². The standard InChI is InChI=1S/C12H9FN2O2/c13-9-4-2-1-3-8(9)12(17)15-10-7-14-6-5-11(10)16/h1-7,10H,(H,15,17). The number of aliphatic imine (C=N–C) groups is 1. The second-order valence-electron chi connectivity index (χ2n) is 3.45. The molecule has 1 aliphatic heterocycles. The minimum absolute atomic E-state index is 0.0942. The molecule has 0 aliphatic carbocycles. The Hall–Kier alpha value is -2.30. The van der Waals surface area contributed by atoms with Crippen molar-refractivity contribution in [3.63, 3.8) is 0 Å². The molecule has 1 amide bonds. The molecule has 1 aromatic carbocycles. The minimum Gasteiger partial charge on any atom is -0.337 e. The summed E-state index contributed by atoms with van der Waals surface area (Å²) in [6, 6.07) is 4.75. The number of carbonyl (C=O) groups is 2. The molecular weight excluding hydrogens is 223 g/mol. The third kappa shape index (κ3) is 2.44. The van der Waals surface area contributed by atoms with Gasteiger partial charge in [0.1, 0.15) is 11.9 Å². The highest BCUT2D eigenvalue weighted by Gasteiger charge is 2.20. The van der Waals surface area contributed by atoms with Gasteiger partial charge in [-0.3, -0.25) is 14.6 Å². The summed E-state index contributed by atoms with van der Waals surface area (Å²) in [5, 5.41) is 2.40. The molecule has 5 heteroatoms. The van der Waals surface area contributed by atoms with Crippen LogP contribution in [0.3, 0.4) is 0 Å². The fourth-order valence-corrected chi connectivity index (χ4v) is 1.40. The quantitative estimate of drug-likeness (QED) is 0.829. The molecule has 1 heterocycles. The molecule has 0 saturated carbocycles. The number of nitrogens with zero attached hydrogens (tertiary/aromatic N) is 1. The van der Waals surface area contributed by atoms with Gasteiger partial charge in [-0.15, -0.1) is 0 Å². The van der Waals surface area contributed by atoms with E-state index in [9.17, 15) is 14.0 Å². The van der Waals surface area contributed by atoms with Crippen molar-refractivity contribution in [2.75, 3.05) is 0 Å². The number of hydrogen-bond donors (Lipinski definition) is 1.